The van der Waals surface area contributed by atoms with Gasteiger partial charge in [-0.3, -0.25) is 0 Å². The molecule has 1 aromatic heterocycles. The van der Waals surface area contributed by atoms with Crippen molar-refractivity contribution in [3.63, 3.8) is 0 Å². The molecule has 4 heteroatoms. The molecule has 11 aromatic carbocycles. The molecule has 0 fully saturated rings. The zero-order chi connectivity index (χ0) is 47.1. The molecule has 2 spiro atoms. The van der Waals surface area contributed by atoms with Crippen LogP contribution in [0.3, 0.4) is 0 Å². The number of thiophene rings is 1. The lowest BCUT2D eigenvalue weighted by Crippen LogP contribution is -2.32. The van der Waals surface area contributed by atoms with Gasteiger partial charge in [0.15, 0.2) is 0 Å². The Labute approximate surface area is 421 Å². The highest BCUT2D eigenvalue weighted by molar-refractivity contribution is 7.25. The monoisotopic (exact) mass is 935 g/mol. The maximum Gasteiger partial charge on any atom is 0.132 e. The number of benzene rings is 11. The molecule has 0 atom stereocenters. The number of anilines is 3. The Balaban J connectivity index is 0.940. The molecular formula is C68H41NO2S. The van der Waals surface area contributed by atoms with Crippen LogP contribution in [-0.2, 0) is 10.8 Å². The lowest BCUT2D eigenvalue weighted by Gasteiger charge is -2.40. The first-order chi connectivity index (χ1) is 35.7. The molecule has 4 aliphatic rings. The van der Waals surface area contributed by atoms with Crippen molar-refractivity contribution in [1.29, 1.82) is 0 Å². The molecule has 3 heterocycles. The van der Waals surface area contributed by atoms with Gasteiger partial charge in [-0.2, -0.15) is 0 Å². The summed E-state index contributed by atoms with van der Waals surface area (Å²) in [6.45, 7) is 0. The van der Waals surface area contributed by atoms with Gasteiger partial charge in [0, 0.05) is 59.5 Å². The smallest absolute Gasteiger partial charge is 0.132 e. The quantitative estimate of drug-likeness (QED) is 0.176. The van der Waals surface area contributed by atoms with Gasteiger partial charge in [-0.25, -0.2) is 0 Å². The van der Waals surface area contributed by atoms with E-state index < -0.39 is 10.8 Å². The number of ether oxygens (including phenoxy) is 2. The van der Waals surface area contributed by atoms with Crippen molar-refractivity contribution in [3.8, 4) is 56.4 Å². The van der Waals surface area contributed by atoms with Crippen LogP contribution in [0, 0.1) is 0 Å². The molecule has 16 rings (SSSR count). The summed E-state index contributed by atoms with van der Waals surface area (Å²) in [4.78, 5) is 2.47. The zero-order valence-electron chi connectivity index (χ0n) is 38.8. The van der Waals surface area contributed by atoms with Gasteiger partial charge in [-0.15, -0.1) is 11.3 Å². The molecular weight excluding hydrogens is 895 g/mol. The van der Waals surface area contributed by atoms with Crippen molar-refractivity contribution in [1.82, 2.24) is 0 Å². The van der Waals surface area contributed by atoms with Crippen molar-refractivity contribution in [2.24, 2.45) is 0 Å². The van der Waals surface area contributed by atoms with Gasteiger partial charge < -0.3 is 14.4 Å². The third-order valence-corrected chi connectivity index (χ3v) is 17.1. The zero-order valence-corrected chi connectivity index (χ0v) is 39.7. The van der Waals surface area contributed by atoms with Gasteiger partial charge in [-0.05, 0) is 128 Å². The minimum absolute atomic E-state index is 0.618. The van der Waals surface area contributed by atoms with E-state index in [-0.39, 0.29) is 0 Å². The van der Waals surface area contributed by atoms with E-state index in [4.69, 9.17) is 9.47 Å². The standard InChI is InChI=1S/C68H41NO2S/c1-4-18-53-47(15-1)49-37-34-45(40-59(49)67(53)55-20-6-10-24-61(55)70-62-25-11-7-21-56(62)67)69(44-32-29-42(30-33-44)43-31-36-52-51-17-3-14-28-65(51)72-66(52)39-43)46-35-38-50-48-16-2-5-19-54(48)68(60(50)41-46)57-22-8-12-26-63(57)71-64-27-13-9-23-58(64)68/h1-41H. The van der Waals surface area contributed by atoms with Crippen LogP contribution in [0.25, 0.3) is 53.6 Å². The van der Waals surface area contributed by atoms with E-state index >= 15 is 0 Å². The summed E-state index contributed by atoms with van der Waals surface area (Å²) >= 11 is 1.86. The topological polar surface area (TPSA) is 21.7 Å². The normalized spacial score (nSPS) is 14.3. The van der Waals surface area contributed by atoms with E-state index in [9.17, 15) is 0 Å². The van der Waals surface area contributed by atoms with Crippen LogP contribution in [0.4, 0.5) is 17.1 Å². The van der Waals surface area contributed by atoms with Crippen LogP contribution < -0.4 is 14.4 Å². The maximum absolute atomic E-state index is 6.75. The molecule has 0 unspecified atom stereocenters. The molecule has 0 N–H and O–H groups in total. The van der Waals surface area contributed by atoms with E-state index in [0.717, 1.165) is 62.3 Å². The van der Waals surface area contributed by atoms with Gasteiger partial charge in [0.2, 0.25) is 0 Å². The minimum atomic E-state index is -0.618. The van der Waals surface area contributed by atoms with Crippen molar-refractivity contribution in [3.05, 3.63) is 293 Å². The maximum atomic E-state index is 6.75. The SMILES string of the molecule is c1ccc2c(c1)Oc1ccccc1C21c2ccccc2-c2ccc(N(c3ccc(-c4ccc5c(c4)sc4ccccc45)cc3)c3ccc4c(c3)C3(c5ccccc5Oc5ccccc53)c3ccccc3-4)cc21. The summed E-state index contributed by atoms with van der Waals surface area (Å²) in [5.41, 5.74) is 18.9. The first-order valence-electron chi connectivity index (χ1n) is 24.7. The van der Waals surface area contributed by atoms with E-state index in [2.05, 4.69) is 254 Å². The fraction of sp³-hybridized carbons (Fsp3) is 0.0294. The van der Waals surface area contributed by atoms with E-state index in [1.54, 1.807) is 0 Å². The summed E-state index contributed by atoms with van der Waals surface area (Å²) < 4.78 is 16.1. The highest BCUT2D eigenvalue weighted by atomic mass is 32.1. The Kier molecular flexibility index (Phi) is 8.18. The van der Waals surface area contributed by atoms with Crippen LogP contribution in [-0.4, -0.2) is 0 Å². The fourth-order valence-electron chi connectivity index (χ4n) is 13.1. The lowest BCUT2D eigenvalue weighted by molar-refractivity contribution is 0.436. The largest absolute Gasteiger partial charge is 0.457 e. The Morgan fingerprint density at radius 1 is 0.278 bits per heavy atom. The number of hydrogen-bond acceptors (Lipinski definition) is 4. The van der Waals surface area contributed by atoms with Crippen molar-refractivity contribution in [2.45, 2.75) is 10.8 Å². The molecule has 72 heavy (non-hydrogen) atoms. The van der Waals surface area contributed by atoms with Crippen molar-refractivity contribution < 1.29 is 9.47 Å². The fourth-order valence-corrected chi connectivity index (χ4v) is 14.3. The Morgan fingerprint density at radius 3 is 1.18 bits per heavy atom. The molecule has 0 radical (unpaired) electrons. The van der Waals surface area contributed by atoms with Gasteiger partial charge in [0.25, 0.3) is 0 Å². The summed E-state index contributed by atoms with van der Waals surface area (Å²) in [6.07, 6.45) is 0. The first kappa shape index (κ1) is 39.8. The van der Waals surface area contributed by atoms with Crippen LogP contribution in [0.15, 0.2) is 249 Å². The predicted octanol–water partition coefficient (Wildman–Crippen LogP) is 18.1. The molecule has 12 aromatic rings. The number of fused-ring (bicyclic) bond motifs is 21. The molecule has 3 nitrogen and oxygen atoms in total. The second-order valence-corrected chi connectivity index (χ2v) is 20.5. The van der Waals surface area contributed by atoms with Gasteiger partial charge in [0.1, 0.15) is 23.0 Å². The van der Waals surface area contributed by atoms with Gasteiger partial charge in [-0.1, -0.05) is 176 Å². The Hall–Kier alpha value is -8.96. The van der Waals surface area contributed by atoms with Crippen LogP contribution >= 0.6 is 11.3 Å². The first-order valence-corrected chi connectivity index (χ1v) is 25.5. The summed E-state index contributed by atoms with van der Waals surface area (Å²) in [6, 6.07) is 91.5. The second kappa shape index (κ2) is 14.8. The highest BCUT2D eigenvalue weighted by Crippen LogP contribution is 2.65. The minimum Gasteiger partial charge on any atom is -0.457 e. The third kappa shape index (κ3) is 5.23. The molecule has 336 valence electrons. The van der Waals surface area contributed by atoms with Crippen LogP contribution in [0.5, 0.6) is 23.0 Å². The average Bonchev–Trinajstić information content (AvgIpc) is 4.06. The molecule has 2 aliphatic heterocycles. The number of nitrogens with zero attached hydrogens (tertiary/aromatic N) is 1. The van der Waals surface area contributed by atoms with E-state index in [1.807, 2.05) is 11.3 Å². The van der Waals surface area contributed by atoms with Crippen molar-refractivity contribution in [2.75, 3.05) is 4.90 Å². The Bertz CT molecular complexity index is 3970. The molecule has 0 amide bonds. The molecule has 0 saturated heterocycles. The second-order valence-electron chi connectivity index (χ2n) is 19.4. The summed E-state index contributed by atoms with van der Waals surface area (Å²) in [5, 5.41) is 2.62. The summed E-state index contributed by atoms with van der Waals surface area (Å²) in [5.74, 6) is 3.52. The van der Waals surface area contributed by atoms with Gasteiger partial charge >= 0.3 is 0 Å². The van der Waals surface area contributed by atoms with E-state index in [0.29, 0.717) is 0 Å². The van der Waals surface area contributed by atoms with Crippen LogP contribution in [0.2, 0.25) is 0 Å². The average molecular weight is 936 g/mol. The van der Waals surface area contributed by atoms with Gasteiger partial charge in [0.05, 0.1) is 10.8 Å². The number of hydrogen-bond donors (Lipinski definition) is 0. The number of para-hydroxylation sites is 4. The molecule has 0 saturated carbocycles. The predicted molar refractivity (Wildman–Crippen MR) is 294 cm³/mol. The number of rotatable bonds is 4. The van der Waals surface area contributed by atoms with E-state index in [1.165, 1.54) is 75.8 Å². The van der Waals surface area contributed by atoms with Crippen LogP contribution in [0.1, 0.15) is 44.5 Å². The summed E-state index contributed by atoms with van der Waals surface area (Å²) in [7, 11) is 0. The molecule has 0 bridgehead atoms. The highest BCUT2D eigenvalue weighted by Gasteiger charge is 2.53. The lowest BCUT2D eigenvalue weighted by atomic mass is 9.66. The molecule has 2 aliphatic carbocycles. The van der Waals surface area contributed by atoms with Crippen molar-refractivity contribution >= 4 is 48.6 Å². The third-order valence-electron chi connectivity index (χ3n) is 16.0. The Morgan fingerprint density at radius 2 is 0.667 bits per heavy atom.